The van der Waals surface area contributed by atoms with Gasteiger partial charge in [-0.05, 0) is 51.7 Å². The third-order valence-electron chi connectivity index (χ3n) is 4.79. The van der Waals surface area contributed by atoms with E-state index in [1.54, 1.807) is 10.9 Å². The molecule has 2 heterocycles. The minimum absolute atomic E-state index is 0.0578. The van der Waals surface area contributed by atoms with Gasteiger partial charge >= 0.3 is 0 Å². The van der Waals surface area contributed by atoms with Gasteiger partial charge in [0.15, 0.2) is 5.69 Å². The third-order valence-corrected chi connectivity index (χ3v) is 4.79. The maximum absolute atomic E-state index is 12.9. The number of carbonyl (C=O) groups excluding carboxylic acids is 2. The van der Waals surface area contributed by atoms with Gasteiger partial charge < -0.3 is 10.2 Å². The van der Waals surface area contributed by atoms with E-state index in [0.29, 0.717) is 12.2 Å². The van der Waals surface area contributed by atoms with Gasteiger partial charge in [-0.2, -0.15) is 0 Å². The van der Waals surface area contributed by atoms with Crippen LogP contribution in [0.25, 0.3) is 0 Å². The topological polar surface area (TPSA) is 80.1 Å². The van der Waals surface area contributed by atoms with E-state index in [2.05, 4.69) is 15.6 Å². The monoisotopic (exact) mass is 369 g/mol. The SMILES string of the molecule is CC(C)NC(=O)c1cn(CC[C@H]2CCCCN2C(=O)c2ccccc2)nn1. The van der Waals surface area contributed by atoms with Crippen molar-refractivity contribution in [2.45, 2.75) is 58.2 Å². The molecular weight excluding hydrogens is 342 g/mol. The molecule has 27 heavy (non-hydrogen) atoms. The Morgan fingerprint density at radius 3 is 2.74 bits per heavy atom. The van der Waals surface area contributed by atoms with Crippen LogP contribution < -0.4 is 5.32 Å². The minimum Gasteiger partial charge on any atom is -0.348 e. The van der Waals surface area contributed by atoms with Crippen LogP contribution in [-0.2, 0) is 6.54 Å². The highest BCUT2D eigenvalue weighted by molar-refractivity contribution is 5.94. The molecule has 0 aliphatic carbocycles. The predicted octanol–water partition coefficient (Wildman–Crippen LogP) is 2.50. The van der Waals surface area contributed by atoms with Crippen LogP contribution in [-0.4, -0.2) is 50.3 Å². The first-order valence-electron chi connectivity index (χ1n) is 9.61. The van der Waals surface area contributed by atoms with Crippen LogP contribution in [0.2, 0.25) is 0 Å². The number of carbonyl (C=O) groups is 2. The Morgan fingerprint density at radius 2 is 2.00 bits per heavy atom. The second-order valence-corrected chi connectivity index (χ2v) is 7.30. The summed E-state index contributed by atoms with van der Waals surface area (Å²) in [5.41, 5.74) is 1.06. The van der Waals surface area contributed by atoms with Crippen LogP contribution >= 0.6 is 0 Å². The highest BCUT2D eigenvalue weighted by Gasteiger charge is 2.27. The lowest BCUT2D eigenvalue weighted by Crippen LogP contribution is -2.44. The molecule has 1 atom stereocenters. The zero-order valence-corrected chi connectivity index (χ0v) is 16.0. The lowest BCUT2D eigenvalue weighted by molar-refractivity contribution is 0.0593. The third kappa shape index (κ3) is 4.93. The maximum atomic E-state index is 12.9. The summed E-state index contributed by atoms with van der Waals surface area (Å²) in [6.07, 6.45) is 5.63. The van der Waals surface area contributed by atoms with Crippen molar-refractivity contribution in [1.29, 1.82) is 0 Å². The molecule has 144 valence electrons. The van der Waals surface area contributed by atoms with E-state index in [4.69, 9.17) is 0 Å². The number of benzene rings is 1. The van der Waals surface area contributed by atoms with E-state index in [1.165, 1.54) is 0 Å². The summed E-state index contributed by atoms with van der Waals surface area (Å²) in [7, 11) is 0. The summed E-state index contributed by atoms with van der Waals surface area (Å²) in [4.78, 5) is 26.8. The quantitative estimate of drug-likeness (QED) is 0.848. The standard InChI is InChI=1S/C20H27N5O2/c1-15(2)21-19(26)18-14-24(23-22-18)13-11-17-10-6-7-12-25(17)20(27)16-8-4-3-5-9-16/h3-5,8-9,14-15,17H,6-7,10-13H2,1-2H3,(H,21,26)/t17-/m1/s1. The summed E-state index contributed by atoms with van der Waals surface area (Å²) >= 11 is 0. The average Bonchev–Trinajstić information content (AvgIpc) is 3.15. The molecule has 3 rings (SSSR count). The van der Waals surface area contributed by atoms with Gasteiger partial charge in [0, 0.05) is 30.7 Å². The number of likely N-dealkylation sites (tertiary alicyclic amines) is 1. The summed E-state index contributed by atoms with van der Waals surface area (Å²) < 4.78 is 1.69. The Morgan fingerprint density at radius 1 is 1.22 bits per heavy atom. The Hall–Kier alpha value is -2.70. The average molecular weight is 369 g/mol. The number of nitrogens with one attached hydrogen (secondary N) is 1. The Kier molecular flexibility index (Phi) is 6.21. The van der Waals surface area contributed by atoms with Gasteiger partial charge in [-0.25, -0.2) is 0 Å². The molecular formula is C20H27N5O2. The molecule has 1 fully saturated rings. The molecule has 2 aromatic rings. The van der Waals surface area contributed by atoms with Crippen LogP contribution in [0, 0.1) is 0 Å². The van der Waals surface area contributed by atoms with Crippen molar-refractivity contribution in [2.24, 2.45) is 0 Å². The first-order chi connectivity index (χ1) is 13.0. The van der Waals surface area contributed by atoms with E-state index >= 15 is 0 Å². The minimum atomic E-state index is -0.213. The Labute approximate surface area is 159 Å². The highest BCUT2D eigenvalue weighted by Crippen LogP contribution is 2.22. The van der Waals surface area contributed by atoms with E-state index in [1.807, 2.05) is 49.1 Å². The molecule has 7 heteroatoms. The molecule has 0 bridgehead atoms. The van der Waals surface area contributed by atoms with E-state index < -0.39 is 0 Å². The molecule has 2 amide bonds. The summed E-state index contributed by atoms with van der Waals surface area (Å²) in [6, 6.07) is 9.68. The van der Waals surface area contributed by atoms with Crippen LogP contribution in [0.1, 0.15) is 60.4 Å². The van der Waals surface area contributed by atoms with Gasteiger partial charge in [0.1, 0.15) is 0 Å². The fourth-order valence-corrected chi connectivity index (χ4v) is 3.44. The van der Waals surface area contributed by atoms with E-state index in [9.17, 15) is 9.59 Å². The molecule has 0 radical (unpaired) electrons. The van der Waals surface area contributed by atoms with Crippen molar-refractivity contribution in [3.8, 4) is 0 Å². The fourth-order valence-electron chi connectivity index (χ4n) is 3.44. The number of aromatic nitrogens is 3. The first kappa shape index (κ1) is 19.1. The highest BCUT2D eigenvalue weighted by atomic mass is 16.2. The molecule has 7 nitrogen and oxygen atoms in total. The number of rotatable bonds is 6. The number of hydrogen-bond acceptors (Lipinski definition) is 4. The molecule has 1 aliphatic rings. The molecule has 1 aromatic carbocycles. The predicted molar refractivity (Wildman–Crippen MR) is 102 cm³/mol. The smallest absolute Gasteiger partial charge is 0.273 e. The lowest BCUT2D eigenvalue weighted by Gasteiger charge is -2.36. The molecule has 1 aliphatic heterocycles. The zero-order valence-electron chi connectivity index (χ0n) is 16.0. The molecule has 1 aromatic heterocycles. The summed E-state index contributed by atoms with van der Waals surface area (Å²) in [5.74, 6) is -0.120. The van der Waals surface area contributed by atoms with Crippen molar-refractivity contribution in [3.05, 3.63) is 47.8 Å². The van der Waals surface area contributed by atoms with Crippen LogP contribution in [0.15, 0.2) is 36.5 Å². The van der Waals surface area contributed by atoms with Gasteiger partial charge in [-0.15, -0.1) is 5.10 Å². The number of aryl methyl sites for hydroxylation is 1. The van der Waals surface area contributed by atoms with Gasteiger partial charge in [0.05, 0.1) is 6.20 Å². The van der Waals surface area contributed by atoms with Crippen molar-refractivity contribution >= 4 is 11.8 Å². The van der Waals surface area contributed by atoms with Gasteiger partial charge in [-0.3, -0.25) is 14.3 Å². The number of nitrogens with zero attached hydrogens (tertiary/aromatic N) is 4. The molecule has 1 N–H and O–H groups in total. The van der Waals surface area contributed by atoms with Crippen molar-refractivity contribution < 1.29 is 9.59 Å². The van der Waals surface area contributed by atoms with E-state index in [-0.39, 0.29) is 23.9 Å². The number of hydrogen-bond donors (Lipinski definition) is 1. The first-order valence-corrected chi connectivity index (χ1v) is 9.61. The molecule has 0 unspecified atom stereocenters. The summed E-state index contributed by atoms with van der Waals surface area (Å²) in [6.45, 7) is 5.23. The molecule has 0 spiro atoms. The Balaban J connectivity index is 1.61. The van der Waals surface area contributed by atoms with Crippen LogP contribution in [0.5, 0.6) is 0 Å². The number of amides is 2. The Bertz CT molecular complexity index is 772. The lowest BCUT2D eigenvalue weighted by atomic mass is 9.98. The number of piperidine rings is 1. The zero-order chi connectivity index (χ0) is 19.2. The van der Waals surface area contributed by atoms with Crippen LogP contribution in [0.4, 0.5) is 0 Å². The maximum Gasteiger partial charge on any atom is 0.273 e. The second-order valence-electron chi connectivity index (χ2n) is 7.30. The molecule has 0 saturated carbocycles. The van der Waals surface area contributed by atoms with Crippen LogP contribution in [0.3, 0.4) is 0 Å². The molecule has 1 saturated heterocycles. The van der Waals surface area contributed by atoms with E-state index in [0.717, 1.165) is 37.8 Å². The van der Waals surface area contributed by atoms with Crippen molar-refractivity contribution in [3.63, 3.8) is 0 Å². The van der Waals surface area contributed by atoms with Gasteiger partial charge in [0.2, 0.25) is 0 Å². The largest absolute Gasteiger partial charge is 0.348 e. The summed E-state index contributed by atoms with van der Waals surface area (Å²) in [5, 5.41) is 10.8. The normalized spacial score (nSPS) is 17.1. The van der Waals surface area contributed by atoms with Crippen molar-refractivity contribution in [2.75, 3.05) is 6.54 Å². The fraction of sp³-hybridized carbons (Fsp3) is 0.500. The van der Waals surface area contributed by atoms with Gasteiger partial charge in [0.25, 0.3) is 11.8 Å². The van der Waals surface area contributed by atoms with Crippen molar-refractivity contribution in [1.82, 2.24) is 25.2 Å². The van der Waals surface area contributed by atoms with Gasteiger partial charge in [-0.1, -0.05) is 23.4 Å². The second kappa shape index (κ2) is 8.79.